The summed E-state index contributed by atoms with van der Waals surface area (Å²) in [6, 6.07) is 3.31. The van der Waals surface area contributed by atoms with Gasteiger partial charge in [0, 0.05) is 36.9 Å². The molecule has 10 heteroatoms. The number of benzene rings is 1. The molecule has 156 valence electrons. The van der Waals surface area contributed by atoms with Crippen molar-refractivity contribution in [2.24, 2.45) is 5.73 Å². The van der Waals surface area contributed by atoms with Crippen LogP contribution in [0.1, 0.15) is 24.5 Å². The highest BCUT2D eigenvalue weighted by Gasteiger charge is 2.38. The molecule has 0 spiro atoms. The van der Waals surface area contributed by atoms with Crippen LogP contribution in [0, 0.1) is 11.6 Å². The van der Waals surface area contributed by atoms with Crippen LogP contribution in [-0.2, 0) is 4.74 Å². The molecule has 3 heterocycles. The van der Waals surface area contributed by atoms with Gasteiger partial charge in [-0.05, 0) is 36.6 Å². The predicted octanol–water partition coefficient (Wildman–Crippen LogP) is 3.12. The zero-order valence-electron chi connectivity index (χ0n) is 15.0. The van der Waals surface area contributed by atoms with E-state index in [4.69, 9.17) is 10.5 Å². The van der Waals surface area contributed by atoms with E-state index in [1.54, 1.807) is 0 Å². The SMILES string of the molecule is FC(F)(F)S.NC1CC(N2CCC3=C2CNC3)CO[C@@H]1c1cc(F)ccc1F. The maximum atomic E-state index is 14.0. The maximum absolute atomic E-state index is 14.0. The summed E-state index contributed by atoms with van der Waals surface area (Å²) in [6.07, 6.45) is 1.23. The molecule has 0 bridgehead atoms. The number of ether oxygens (including phenoxy) is 1. The second-order valence-corrected chi connectivity index (χ2v) is 7.55. The molecule has 0 radical (unpaired) electrons. The third kappa shape index (κ3) is 5.16. The molecule has 1 fully saturated rings. The molecule has 4 nitrogen and oxygen atoms in total. The first-order chi connectivity index (χ1) is 13.1. The minimum atomic E-state index is -4.31. The summed E-state index contributed by atoms with van der Waals surface area (Å²) in [7, 11) is 0. The van der Waals surface area contributed by atoms with Crippen LogP contribution in [0.4, 0.5) is 22.0 Å². The van der Waals surface area contributed by atoms with Crippen LogP contribution in [0.3, 0.4) is 0 Å². The Labute approximate surface area is 165 Å². The largest absolute Gasteiger partial charge is 0.438 e. The van der Waals surface area contributed by atoms with Gasteiger partial charge in [0.05, 0.1) is 12.6 Å². The minimum absolute atomic E-state index is 0.213. The van der Waals surface area contributed by atoms with Gasteiger partial charge in [0.15, 0.2) is 0 Å². The molecule has 3 atom stereocenters. The van der Waals surface area contributed by atoms with E-state index < -0.39 is 23.2 Å². The molecule has 0 aromatic heterocycles. The Kier molecular flexibility index (Phi) is 6.53. The van der Waals surface area contributed by atoms with E-state index in [0.29, 0.717) is 6.61 Å². The number of nitrogens with one attached hydrogen (secondary N) is 1. The number of hydrogen-bond donors (Lipinski definition) is 3. The Balaban J connectivity index is 0.000000403. The van der Waals surface area contributed by atoms with Crippen molar-refractivity contribution in [1.29, 1.82) is 0 Å². The van der Waals surface area contributed by atoms with Crippen LogP contribution in [0.25, 0.3) is 0 Å². The van der Waals surface area contributed by atoms with Crippen molar-refractivity contribution in [2.75, 3.05) is 26.2 Å². The van der Waals surface area contributed by atoms with E-state index in [1.807, 2.05) is 0 Å². The van der Waals surface area contributed by atoms with Crippen molar-refractivity contribution < 1.29 is 26.7 Å². The number of hydrogen-bond acceptors (Lipinski definition) is 5. The van der Waals surface area contributed by atoms with Gasteiger partial charge in [-0.15, -0.1) is 0 Å². The van der Waals surface area contributed by atoms with Crippen LogP contribution in [0.15, 0.2) is 29.5 Å². The van der Waals surface area contributed by atoms with Crippen molar-refractivity contribution in [3.05, 3.63) is 46.7 Å². The van der Waals surface area contributed by atoms with Crippen LogP contribution < -0.4 is 11.1 Å². The zero-order chi connectivity index (χ0) is 20.5. The summed E-state index contributed by atoms with van der Waals surface area (Å²) < 4.78 is 63.9. The van der Waals surface area contributed by atoms with Crippen molar-refractivity contribution in [3.63, 3.8) is 0 Å². The number of alkyl halides is 3. The number of nitrogens with two attached hydrogens (primary N) is 1. The van der Waals surface area contributed by atoms with E-state index in [1.165, 1.54) is 17.3 Å². The zero-order valence-corrected chi connectivity index (χ0v) is 15.9. The fraction of sp³-hybridized carbons (Fsp3) is 0.556. The van der Waals surface area contributed by atoms with Gasteiger partial charge in [-0.2, -0.15) is 13.2 Å². The van der Waals surface area contributed by atoms with Gasteiger partial charge in [-0.25, -0.2) is 8.78 Å². The van der Waals surface area contributed by atoms with Gasteiger partial charge >= 0.3 is 5.51 Å². The smallest absolute Gasteiger partial charge is 0.370 e. The summed E-state index contributed by atoms with van der Waals surface area (Å²) >= 11 is 2.12. The Bertz CT molecular complexity index is 736. The van der Waals surface area contributed by atoms with E-state index >= 15 is 0 Å². The number of halogens is 5. The molecule has 0 amide bonds. The summed E-state index contributed by atoms with van der Waals surface area (Å²) in [6.45, 7) is 3.38. The summed E-state index contributed by atoms with van der Waals surface area (Å²) in [5, 5.41) is 3.37. The molecular formula is C18H22F5N3OS. The summed E-state index contributed by atoms with van der Waals surface area (Å²) in [5.41, 5.74) is 5.03. The van der Waals surface area contributed by atoms with Gasteiger partial charge in [-0.3, -0.25) is 0 Å². The molecule has 0 aliphatic carbocycles. The second kappa shape index (κ2) is 8.56. The fourth-order valence-corrected chi connectivity index (χ4v) is 4.00. The average Bonchev–Trinajstić information content (AvgIpc) is 3.19. The van der Waals surface area contributed by atoms with E-state index in [9.17, 15) is 22.0 Å². The topological polar surface area (TPSA) is 50.5 Å². The summed E-state index contributed by atoms with van der Waals surface area (Å²) in [5.74, 6) is -0.929. The van der Waals surface area contributed by atoms with Gasteiger partial charge in [-0.1, -0.05) is 12.6 Å². The molecule has 1 saturated heterocycles. The standard InChI is InChI=1S/C17H21F2N3O.CHF3S/c18-11-1-2-14(19)13(5-11)17-15(20)6-12(9-23-17)22-4-3-10-7-21-8-16(10)22;2-1(3,4)5/h1-2,5,12,15,17,21H,3-4,6-9,20H2;5H/t12?,15?,17-;/m1./s1. The Morgan fingerprint density at radius 1 is 1.21 bits per heavy atom. The molecular weight excluding hydrogens is 401 g/mol. The third-order valence-electron chi connectivity index (χ3n) is 5.15. The Hall–Kier alpha value is -1.36. The molecule has 4 rings (SSSR count). The Morgan fingerprint density at radius 3 is 2.61 bits per heavy atom. The first kappa shape index (κ1) is 21.4. The van der Waals surface area contributed by atoms with E-state index in [2.05, 4.69) is 22.8 Å². The first-order valence-electron chi connectivity index (χ1n) is 8.93. The molecule has 1 aromatic carbocycles. The van der Waals surface area contributed by atoms with Crippen LogP contribution >= 0.6 is 12.6 Å². The van der Waals surface area contributed by atoms with Gasteiger partial charge < -0.3 is 20.7 Å². The van der Waals surface area contributed by atoms with Crippen molar-refractivity contribution in [2.45, 2.75) is 36.5 Å². The normalized spacial score (nSPS) is 27.5. The monoisotopic (exact) mass is 423 g/mol. The molecule has 0 saturated carbocycles. The van der Waals surface area contributed by atoms with Crippen LogP contribution in [0.2, 0.25) is 0 Å². The highest BCUT2D eigenvalue weighted by Crippen LogP contribution is 2.35. The molecule has 3 aliphatic heterocycles. The second-order valence-electron chi connectivity index (χ2n) is 7.04. The fourth-order valence-electron chi connectivity index (χ4n) is 4.00. The maximum Gasteiger partial charge on any atom is 0.438 e. The molecule has 2 unspecified atom stereocenters. The Morgan fingerprint density at radius 2 is 1.93 bits per heavy atom. The van der Waals surface area contributed by atoms with Gasteiger partial charge in [0.25, 0.3) is 0 Å². The highest BCUT2D eigenvalue weighted by atomic mass is 32.1. The predicted molar refractivity (Wildman–Crippen MR) is 97.7 cm³/mol. The van der Waals surface area contributed by atoms with Crippen LogP contribution in [-0.4, -0.2) is 48.7 Å². The molecule has 3 aliphatic rings. The number of rotatable bonds is 2. The quantitative estimate of drug-likeness (QED) is 0.506. The molecule has 28 heavy (non-hydrogen) atoms. The minimum Gasteiger partial charge on any atom is -0.370 e. The lowest BCUT2D eigenvalue weighted by molar-refractivity contribution is -0.0430. The van der Waals surface area contributed by atoms with E-state index in [-0.39, 0.29) is 17.6 Å². The lowest BCUT2D eigenvalue weighted by Crippen LogP contribution is -2.48. The first-order valence-corrected chi connectivity index (χ1v) is 9.37. The highest BCUT2D eigenvalue weighted by molar-refractivity contribution is 7.81. The van der Waals surface area contributed by atoms with Gasteiger partial charge in [0.1, 0.15) is 17.7 Å². The number of nitrogens with zero attached hydrogens (tertiary/aromatic N) is 1. The van der Waals surface area contributed by atoms with Crippen molar-refractivity contribution in [1.82, 2.24) is 10.2 Å². The molecule has 3 N–H and O–H groups in total. The van der Waals surface area contributed by atoms with Crippen LogP contribution in [0.5, 0.6) is 0 Å². The number of thiol groups is 1. The summed E-state index contributed by atoms with van der Waals surface area (Å²) in [4.78, 5) is 2.38. The van der Waals surface area contributed by atoms with Crippen molar-refractivity contribution in [3.8, 4) is 0 Å². The van der Waals surface area contributed by atoms with Crippen molar-refractivity contribution >= 4 is 12.6 Å². The van der Waals surface area contributed by atoms with E-state index in [0.717, 1.165) is 44.6 Å². The third-order valence-corrected chi connectivity index (χ3v) is 5.15. The lowest BCUT2D eigenvalue weighted by Gasteiger charge is -2.40. The lowest BCUT2D eigenvalue weighted by atomic mass is 9.93. The average molecular weight is 423 g/mol. The molecule has 1 aromatic rings. The van der Waals surface area contributed by atoms with Gasteiger partial charge in [0.2, 0.25) is 0 Å².